The van der Waals surface area contributed by atoms with E-state index in [2.05, 4.69) is 10.6 Å². The van der Waals surface area contributed by atoms with E-state index < -0.39 is 0 Å². The molecule has 0 saturated carbocycles. The molecule has 2 aromatic rings. The van der Waals surface area contributed by atoms with Crippen molar-refractivity contribution in [3.63, 3.8) is 0 Å². The minimum atomic E-state index is -0.369. The molecule has 0 fully saturated rings. The summed E-state index contributed by atoms with van der Waals surface area (Å²) in [6.07, 6.45) is 0.676. The summed E-state index contributed by atoms with van der Waals surface area (Å²) in [5, 5.41) is 26.3. The first kappa shape index (κ1) is 17.6. The van der Waals surface area contributed by atoms with Gasteiger partial charge in [0.15, 0.2) is 0 Å². The second kappa shape index (κ2) is 7.33. The highest BCUT2D eigenvalue weighted by atomic mass is 35.5. The van der Waals surface area contributed by atoms with Crippen LogP contribution in [0.2, 0.25) is 5.02 Å². The topological polar surface area (TPSA) is 81.6 Å². The van der Waals surface area contributed by atoms with Crippen molar-refractivity contribution in [3.05, 3.63) is 57.6 Å². The fourth-order valence-corrected chi connectivity index (χ4v) is 3.69. The molecule has 132 valence electrons. The Bertz CT molecular complexity index is 790. The highest BCUT2D eigenvalue weighted by molar-refractivity contribution is 6.35. The fraction of sp³-hybridized carbons (Fsp3) is 0.316. The summed E-state index contributed by atoms with van der Waals surface area (Å²) in [7, 11) is 0. The van der Waals surface area contributed by atoms with Crippen LogP contribution in [0.1, 0.15) is 39.9 Å². The SMILES string of the molecule is CCNC(=O)c1c(O)cc2c(c1Cl)CCNCC2c1ccc(O)cc1. The molecule has 4 N–H and O–H groups in total. The van der Waals surface area contributed by atoms with E-state index in [1.54, 1.807) is 18.2 Å². The molecule has 1 amide bonds. The van der Waals surface area contributed by atoms with Gasteiger partial charge in [-0.15, -0.1) is 0 Å². The number of hydrogen-bond acceptors (Lipinski definition) is 4. The summed E-state index contributed by atoms with van der Waals surface area (Å²) >= 11 is 6.52. The van der Waals surface area contributed by atoms with E-state index in [0.717, 1.165) is 23.2 Å². The van der Waals surface area contributed by atoms with Gasteiger partial charge in [0.25, 0.3) is 5.91 Å². The molecule has 1 heterocycles. The van der Waals surface area contributed by atoms with Crippen molar-refractivity contribution in [3.8, 4) is 11.5 Å². The van der Waals surface area contributed by atoms with Crippen LogP contribution in [-0.4, -0.2) is 35.8 Å². The molecule has 25 heavy (non-hydrogen) atoms. The second-order valence-electron chi connectivity index (χ2n) is 6.11. The van der Waals surface area contributed by atoms with Gasteiger partial charge in [-0.2, -0.15) is 0 Å². The van der Waals surface area contributed by atoms with Crippen LogP contribution in [0.15, 0.2) is 30.3 Å². The summed E-state index contributed by atoms with van der Waals surface area (Å²) in [5.41, 5.74) is 2.93. The predicted octanol–water partition coefficient (Wildman–Crippen LogP) is 2.78. The highest BCUT2D eigenvalue weighted by Crippen LogP contribution is 2.39. The number of amides is 1. The third-order valence-electron chi connectivity index (χ3n) is 4.52. The average Bonchev–Trinajstić information content (AvgIpc) is 2.78. The van der Waals surface area contributed by atoms with Gasteiger partial charge in [-0.1, -0.05) is 23.7 Å². The minimum Gasteiger partial charge on any atom is -0.508 e. The number of carbonyl (C=O) groups is 1. The van der Waals surface area contributed by atoms with E-state index in [-0.39, 0.29) is 28.9 Å². The lowest BCUT2D eigenvalue weighted by Crippen LogP contribution is -2.24. The smallest absolute Gasteiger partial charge is 0.256 e. The Morgan fingerprint density at radius 2 is 2.04 bits per heavy atom. The third-order valence-corrected chi connectivity index (χ3v) is 4.93. The number of fused-ring (bicyclic) bond motifs is 1. The summed E-state index contributed by atoms with van der Waals surface area (Å²) in [4.78, 5) is 12.2. The van der Waals surface area contributed by atoms with Crippen LogP contribution < -0.4 is 10.6 Å². The first-order valence-electron chi connectivity index (χ1n) is 8.35. The van der Waals surface area contributed by atoms with Crippen LogP contribution in [0.5, 0.6) is 11.5 Å². The van der Waals surface area contributed by atoms with E-state index in [1.807, 2.05) is 19.1 Å². The first-order chi connectivity index (χ1) is 12.0. The average molecular weight is 361 g/mol. The summed E-state index contributed by atoms with van der Waals surface area (Å²) in [6, 6.07) is 8.66. The van der Waals surface area contributed by atoms with E-state index in [4.69, 9.17) is 11.6 Å². The molecule has 0 aliphatic carbocycles. The molecule has 6 heteroatoms. The van der Waals surface area contributed by atoms with Crippen molar-refractivity contribution in [1.82, 2.24) is 10.6 Å². The number of benzene rings is 2. The van der Waals surface area contributed by atoms with Crippen LogP contribution in [-0.2, 0) is 6.42 Å². The lowest BCUT2D eigenvalue weighted by Gasteiger charge is -2.21. The fourth-order valence-electron chi connectivity index (χ4n) is 3.30. The van der Waals surface area contributed by atoms with Gasteiger partial charge in [-0.25, -0.2) is 0 Å². The van der Waals surface area contributed by atoms with Gasteiger partial charge in [0.05, 0.1) is 10.6 Å². The van der Waals surface area contributed by atoms with Crippen LogP contribution in [0.4, 0.5) is 0 Å². The Balaban J connectivity index is 2.12. The van der Waals surface area contributed by atoms with Gasteiger partial charge in [-0.05, 0) is 54.8 Å². The Hall–Kier alpha value is -2.24. The largest absolute Gasteiger partial charge is 0.508 e. The minimum absolute atomic E-state index is 0.0233. The first-order valence-corrected chi connectivity index (χ1v) is 8.72. The van der Waals surface area contributed by atoms with Gasteiger partial charge in [0, 0.05) is 19.0 Å². The van der Waals surface area contributed by atoms with Crippen molar-refractivity contribution >= 4 is 17.5 Å². The standard InChI is InChI=1S/C19H21ClN2O3/c1-2-22-19(25)17-16(24)9-14-13(18(17)20)7-8-21-10-15(14)11-3-5-12(23)6-4-11/h3-6,9,15,21,23-24H,2,7-8,10H2,1H3,(H,22,25). The Morgan fingerprint density at radius 3 is 2.72 bits per heavy atom. The molecule has 0 bridgehead atoms. The van der Waals surface area contributed by atoms with Crippen molar-refractivity contribution < 1.29 is 15.0 Å². The summed E-state index contributed by atoms with van der Waals surface area (Å²) < 4.78 is 0. The maximum Gasteiger partial charge on any atom is 0.256 e. The molecule has 1 aliphatic rings. The van der Waals surface area contributed by atoms with Crippen LogP contribution in [0.3, 0.4) is 0 Å². The number of phenolic OH excluding ortho intramolecular Hbond substituents is 2. The number of aromatic hydroxyl groups is 2. The second-order valence-corrected chi connectivity index (χ2v) is 6.49. The Labute approximate surface area is 151 Å². The molecule has 1 atom stereocenters. The molecular formula is C19H21ClN2O3. The maximum absolute atomic E-state index is 12.2. The van der Waals surface area contributed by atoms with Crippen LogP contribution in [0, 0.1) is 0 Å². The lowest BCUT2D eigenvalue weighted by atomic mass is 9.86. The van der Waals surface area contributed by atoms with E-state index in [0.29, 0.717) is 24.5 Å². The zero-order chi connectivity index (χ0) is 18.0. The molecular weight excluding hydrogens is 340 g/mol. The monoisotopic (exact) mass is 360 g/mol. The van der Waals surface area contributed by atoms with Gasteiger partial charge in [0.2, 0.25) is 0 Å². The van der Waals surface area contributed by atoms with E-state index >= 15 is 0 Å². The van der Waals surface area contributed by atoms with Gasteiger partial charge in [0.1, 0.15) is 11.5 Å². The molecule has 3 rings (SSSR count). The highest BCUT2D eigenvalue weighted by Gasteiger charge is 2.27. The molecule has 0 spiro atoms. The Kier molecular flexibility index (Phi) is 5.16. The Morgan fingerprint density at radius 1 is 1.32 bits per heavy atom. The van der Waals surface area contributed by atoms with Crippen LogP contribution >= 0.6 is 11.6 Å². The molecule has 0 radical (unpaired) electrons. The quantitative estimate of drug-likeness (QED) is 0.678. The molecule has 0 aromatic heterocycles. The summed E-state index contributed by atoms with van der Waals surface area (Å²) in [5.74, 6) is -0.297. The van der Waals surface area contributed by atoms with Crippen molar-refractivity contribution in [1.29, 1.82) is 0 Å². The van der Waals surface area contributed by atoms with Gasteiger partial charge in [-0.3, -0.25) is 4.79 Å². The zero-order valence-electron chi connectivity index (χ0n) is 14.0. The van der Waals surface area contributed by atoms with Crippen molar-refractivity contribution in [2.75, 3.05) is 19.6 Å². The maximum atomic E-state index is 12.2. The van der Waals surface area contributed by atoms with E-state index in [1.165, 1.54) is 0 Å². The molecule has 2 aromatic carbocycles. The normalized spacial score (nSPS) is 16.8. The molecule has 1 unspecified atom stereocenters. The van der Waals surface area contributed by atoms with Crippen molar-refractivity contribution in [2.45, 2.75) is 19.3 Å². The number of rotatable bonds is 3. The number of hydrogen-bond donors (Lipinski definition) is 4. The van der Waals surface area contributed by atoms with Gasteiger partial charge >= 0.3 is 0 Å². The zero-order valence-corrected chi connectivity index (χ0v) is 14.7. The third kappa shape index (κ3) is 3.43. The molecule has 0 saturated heterocycles. The summed E-state index contributed by atoms with van der Waals surface area (Å²) in [6.45, 7) is 3.70. The lowest BCUT2D eigenvalue weighted by molar-refractivity contribution is 0.0953. The van der Waals surface area contributed by atoms with Gasteiger partial charge < -0.3 is 20.8 Å². The molecule has 1 aliphatic heterocycles. The van der Waals surface area contributed by atoms with Crippen LogP contribution in [0.25, 0.3) is 0 Å². The number of phenols is 2. The predicted molar refractivity (Wildman–Crippen MR) is 97.6 cm³/mol. The number of halogens is 1. The number of carbonyl (C=O) groups excluding carboxylic acids is 1. The number of nitrogens with one attached hydrogen (secondary N) is 2. The van der Waals surface area contributed by atoms with Crippen molar-refractivity contribution in [2.24, 2.45) is 0 Å². The van der Waals surface area contributed by atoms with E-state index in [9.17, 15) is 15.0 Å². The molecule has 5 nitrogen and oxygen atoms in total.